The summed E-state index contributed by atoms with van der Waals surface area (Å²) in [5.74, 6) is -1.15. The van der Waals surface area contributed by atoms with E-state index in [9.17, 15) is 14.7 Å². The molecule has 1 aromatic rings. The molecule has 0 aliphatic rings. The molecule has 0 spiro atoms. The maximum Gasteiger partial charge on any atom is 0.325 e. The molecule has 0 aliphatic heterocycles. The zero-order valence-corrected chi connectivity index (χ0v) is 9.55. The molecule has 92 valence electrons. The van der Waals surface area contributed by atoms with Gasteiger partial charge >= 0.3 is 5.97 Å². The Balaban J connectivity index is 2.45. The molecule has 5 heteroatoms. The molecule has 0 saturated heterocycles. The molecule has 0 heterocycles. The van der Waals surface area contributed by atoms with E-state index < -0.39 is 18.0 Å². The maximum atomic E-state index is 11.5. The van der Waals surface area contributed by atoms with E-state index in [4.69, 9.17) is 0 Å². The zero-order valence-electron chi connectivity index (χ0n) is 9.55. The molecule has 1 aromatic carbocycles. The van der Waals surface area contributed by atoms with Crippen molar-refractivity contribution >= 4 is 11.9 Å². The number of aliphatic hydroxyl groups is 1. The van der Waals surface area contributed by atoms with Gasteiger partial charge in [0.05, 0.1) is 6.61 Å². The Morgan fingerprint density at radius 1 is 1.35 bits per heavy atom. The van der Waals surface area contributed by atoms with Crippen molar-refractivity contribution in [1.29, 1.82) is 0 Å². The molecule has 1 atom stereocenters. The number of carbonyl (C=O) groups excluding carboxylic acids is 2. The van der Waals surface area contributed by atoms with Gasteiger partial charge in [-0.2, -0.15) is 0 Å². The average molecular weight is 237 g/mol. The van der Waals surface area contributed by atoms with E-state index in [1.165, 1.54) is 0 Å². The number of nitrogens with one attached hydrogen (secondary N) is 1. The molecule has 1 rings (SSSR count). The molecule has 0 saturated carbocycles. The van der Waals surface area contributed by atoms with Crippen molar-refractivity contribution in [2.75, 3.05) is 13.2 Å². The molecular weight excluding hydrogens is 222 g/mol. The van der Waals surface area contributed by atoms with Gasteiger partial charge in [-0.15, -0.1) is 0 Å². The van der Waals surface area contributed by atoms with Crippen LogP contribution in [0.1, 0.15) is 18.6 Å². The molecular formula is C12H15NO4. The summed E-state index contributed by atoms with van der Waals surface area (Å²) in [5, 5.41) is 12.0. The van der Waals surface area contributed by atoms with E-state index in [1.54, 1.807) is 37.3 Å². The second-order valence-electron chi connectivity index (χ2n) is 3.34. The van der Waals surface area contributed by atoms with Crippen molar-refractivity contribution in [3.63, 3.8) is 0 Å². The van der Waals surface area contributed by atoms with Gasteiger partial charge in [0, 0.05) is 0 Å². The molecule has 0 aliphatic carbocycles. The molecule has 0 fully saturated rings. The largest absolute Gasteiger partial charge is 0.465 e. The Labute approximate surface area is 99.4 Å². The fraction of sp³-hybridized carbons (Fsp3) is 0.333. The minimum atomic E-state index is -1.27. The van der Waals surface area contributed by atoms with Gasteiger partial charge in [0.15, 0.2) is 6.10 Å². The van der Waals surface area contributed by atoms with E-state index in [0.29, 0.717) is 5.56 Å². The van der Waals surface area contributed by atoms with E-state index in [1.807, 2.05) is 0 Å². The number of hydrogen-bond donors (Lipinski definition) is 2. The van der Waals surface area contributed by atoms with Crippen LogP contribution in [0.25, 0.3) is 0 Å². The third kappa shape index (κ3) is 4.24. The van der Waals surface area contributed by atoms with Crippen LogP contribution in [0.5, 0.6) is 0 Å². The van der Waals surface area contributed by atoms with E-state index in [-0.39, 0.29) is 13.2 Å². The van der Waals surface area contributed by atoms with Crippen molar-refractivity contribution in [1.82, 2.24) is 5.32 Å². The van der Waals surface area contributed by atoms with Gasteiger partial charge in [0.2, 0.25) is 0 Å². The highest BCUT2D eigenvalue weighted by Gasteiger charge is 2.17. The first kappa shape index (κ1) is 13.2. The maximum absolute atomic E-state index is 11.5. The fourth-order valence-corrected chi connectivity index (χ4v) is 1.25. The number of aliphatic hydroxyl groups excluding tert-OH is 1. The van der Waals surface area contributed by atoms with Crippen LogP contribution in [0.3, 0.4) is 0 Å². The average Bonchev–Trinajstić information content (AvgIpc) is 2.36. The van der Waals surface area contributed by atoms with Crippen LogP contribution in [-0.2, 0) is 14.3 Å². The van der Waals surface area contributed by atoms with Crippen LogP contribution in [0.15, 0.2) is 30.3 Å². The summed E-state index contributed by atoms with van der Waals surface area (Å²) in [7, 11) is 0. The number of amides is 1. The van der Waals surface area contributed by atoms with Crippen LogP contribution < -0.4 is 5.32 Å². The summed E-state index contributed by atoms with van der Waals surface area (Å²) in [6, 6.07) is 8.49. The standard InChI is InChI=1S/C12H15NO4/c1-2-17-10(14)8-13-12(16)11(15)9-6-4-3-5-7-9/h3-7,11,15H,2,8H2,1H3,(H,13,16). The summed E-state index contributed by atoms with van der Waals surface area (Å²) >= 11 is 0. The van der Waals surface area contributed by atoms with Crippen LogP contribution in [0, 0.1) is 0 Å². The van der Waals surface area contributed by atoms with E-state index in [2.05, 4.69) is 10.1 Å². The van der Waals surface area contributed by atoms with Crippen molar-refractivity contribution < 1.29 is 19.4 Å². The summed E-state index contributed by atoms with van der Waals surface area (Å²) < 4.78 is 4.64. The van der Waals surface area contributed by atoms with Crippen molar-refractivity contribution in [2.45, 2.75) is 13.0 Å². The smallest absolute Gasteiger partial charge is 0.325 e. The first-order chi connectivity index (χ1) is 8.15. The molecule has 1 amide bonds. The Hall–Kier alpha value is -1.88. The quantitative estimate of drug-likeness (QED) is 0.727. The molecule has 5 nitrogen and oxygen atoms in total. The van der Waals surface area contributed by atoms with Crippen LogP contribution in [-0.4, -0.2) is 30.1 Å². The normalized spacial score (nSPS) is 11.6. The van der Waals surface area contributed by atoms with Gasteiger partial charge in [-0.05, 0) is 12.5 Å². The minimum Gasteiger partial charge on any atom is -0.465 e. The van der Waals surface area contributed by atoms with Gasteiger partial charge in [-0.1, -0.05) is 30.3 Å². The Morgan fingerprint density at radius 2 is 2.00 bits per heavy atom. The number of hydrogen-bond acceptors (Lipinski definition) is 4. The lowest BCUT2D eigenvalue weighted by Gasteiger charge is -2.10. The highest BCUT2D eigenvalue weighted by molar-refractivity contribution is 5.85. The second kappa shape index (κ2) is 6.65. The van der Waals surface area contributed by atoms with Crippen molar-refractivity contribution in [2.24, 2.45) is 0 Å². The van der Waals surface area contributed by atoms with Crippen LogP contribution in [0.2, 0.25) is 0 Å². The second-order valence-corrected chi connectivity index (χ2v) is 3.34. The first-order valence-electron chi connectivity index (χ1n) is 5.31. The van der Waals surface area contributed by atoms with Crippen molar-refractivity contribution in [3.8, 4) is 0 Å². The number of carbonyl (C=O) groups is 2. The topological polar surface area (TPSA) is 75.6 Å². The zero-order chi connectivity index (χ0) is 12.7. The summed E-state index contributed by atoms with van der Waals surface area (Å²) in [6.07, 6.45) is -1.27. The lowest BCUT2D eigenvalue weighted by Crippen LogP contribution is -2.34. The number of rotatable bonds is 5. The van der Waals surface area contributed by atoms with Crippen LogP contribution in [0.4, 0.5) is 0 Å². The van der Waals surface area contributed by atoms with Gasteiger partial charge in [0.1, 0.15) is 6.54 Å². The first-order valence-corrected chi connectivity index (χ1v) is 5.31. The molecule has 0 radical (unpaired) electrons. The van der Waals surface area contributed by atoms with Gasteiger partial charge in [-0.25, -0.2) is 0 Å². The summed E-state index contributed by atoms with van der Waals surface area (Å²) in [4.78, 5) is 22.5. The molecule has 17 heavy (non-hydrogen) atoms. The number of benzene rings is 1. The number of ether oxygens (including phenoxy) is 1. The monoisotopic (exact) mass is 237 g/mol. The Bertz CT molecular complexity index is 377. The number of esters is 1. The predicted molar refractivity (Wildman–Crippen MR) is 61.0 cm³/mol. The Kier molecular flexibility index (Phi) is 5.16. The summed E-state index contributed by atoms with van der Waals surface area (Å²) in [5.41, 5.74) is 0.480. The Morgan fingerprint density at radius 3 is 2.59 bits per heavy atom. The molecule has 0 aromatic heterocycles. The third-order valence-electron chi connectivity index (χ3n) is 2.08. The van der Waals surface area contributed by atoms with E-state index in [0.717, 1.165) is 0 Å². The van der Waals surface area contributed by atoms with Gasteiger partial charge in [0.25, 0.3) is 5.91 Å². The fourth-order valence-electron chi connectivity index (χ4n) is 1.25. The van der Waals surface area contributed by atoms with Crippen molar-refractivity contribution in [3.05, 3.63) is 35.9 Å². The van der Waals surface area contributed by atoms with Crippen LogP contribution >= 0.6 is 0 Å². The molecule has 1 unspecified atom stereocenters. The lowest BCUT2D eigenvalue weighted by atomic mass is 10.1. The minimum absolute atomic E-state index is 0.240. The van der Waals surface area contributed by atoms with E-state index >= 15 is 0 Å². The predicted octanol–water partition coefficient (Wildman–Crippen LogP) is 0.399. The van der Waals surface area contributed by atoms with Gasteiger partial charge in [-0.3, -0.25) is 9.59 Å². The molecule has 2 N–H and O–H groups in total. The third-order valence-corrected chi connectivity index (χ3v) is 2.08. The highest BCUT2D eigenvalue weighted by atomic mass is 16.5. The summed E-state index contributed by atoms with van der Waals surface area (Å²) in [6.45, 7) is 1.70. The highest BCUT2D eigenvalue weighted by Crippen LogP contribution is 2.11. The SMILES string of the molecule is CCOC(=O)CNC(=O)C(O)c1ccccc1. The molecule has 0 bridgehead atoms. The lowest BCUT2D eigenvalue weighted by molar-refractivity contribution is -0.144. The van der Waals surface area contributed by atoms with Gasteiger partial charge < -0.3 is 15.2 Å².